The number of benzene rings is 1. The summed E-state index contributed by atoms with van der Waals surface area (Å²) in [6.07, 6.45) is 2.37. The van der Waals surface area contributed by atoms with Crippen molar-refractivity contribution in [2.24, 2.45) is 16.0 Å². The molecule has 1 unspecified atom stereocenters. The third-order valence-electron chi connectivity index (χ3n) is 6.01. The van der Waals surface area contributed by atoms with Crippen molar-refractivity contribution in [3.8, 4) is 0 Å². The number of nitrogens with two attached hydrogens (primary N) is 1. The lowest BCUT2D eigenvalue weighted by Gasteiger charge is -2.35. The maximum Gasteiger partial charge on any atom is 0.338 e. The number of aliphatic imine (C=N–C) groups is 1. The Morgan fingerprint density at radius 2 is 2.00 bits per heavy atom. The van der Waals surface area contributed by atoms with Crippen LogP contribution in [0.15, 0.2) is 40.0 Å². The minimum absolute atomic E-state index is 0.0268. The number of ether oxygens (including phenoxy) is 1. The van der Waals surface area contributed by atoms with Gasteiger partial charge in [-0.2, -0.15) is 12.7 Å². The van der Waals surface area contributed by atoms with Crippen molar-refractivity contribution in [1.29, 1.82) is 0 Å². The van der Waals surface area contributed by atoms with Gasteiger partial charge in [0.05, 0.1) is 12.7 Å². The number of hydrogen-bond acceptors (Lipinski definition) is 8. The fraction of sp³-hybridized carbons (Fsp3) is 0.381. The topological polar surface area (TPSA) is 127 Å². The first kappa shape index (κ1) is 24.4. The van der Waals surface area contributed by atoms with Gasteiger partial charge in [-0.25, -0.2) is 23.7 Å². The maximum absolute atomic E-state index is 14.5. The van der Waals surface area contributed by atoms with E-state index >= 15 is 0 Å². The molecule has 0 radical (unpaired) electrons. The predicted octanol–water partition coefficient (Wildman–Crippen LogP) is 2.16. The molecular formula is C21H23F2N5O4S2. The van der Waals surface area contributed by atoms with Crippen LogP contribution in [0, 0.1) is 24.5 Å². The van der Waals surface area contributed by atoms with E-state index in [-0.39, 0.29) is 30.1 Å². The van der Waals surface area contributed by atoms with Crippen molar-refractivity contribution in [3.05, 3.63) is 62.7 Å². The number of carbonyl (C=O) groups excluding carboxylic acids is 1. The van der Waals surface area contributed by atoms with Gasteiger partial charge in [0.15, 0.2) is 22.5 Å². The van der Waals surface area contributed by atoms with Gasteiger partial charge in [-0.05, 0) is 37.0 Å². The van der Waals surface area contributed by atoms with Crippen LogP contribution >= 0.6 is 11.3 Å². The maximum atomic E-state index is 14.5. The summed E-state index contributed by atoms with van der Waals surface area (Å²) in [6, 6.07) is 1.42. The minimum atomic E-state index is -3.83. The van der Waals surface area contributed by atoms with E-state index in [9.17, 15) is 22.0 Å². The SMILES string of the molecule is COC(=O)C1=C(C2CCN(S(N)(=O)=O)CC2)NC(c2nccs2)=NC1c1ccc(F)c(F)c1C. The molecule has 1 saturated heterocycles. The molecule has 2 aliphatic heterocycles. The molecule has 0 spiro atoms. The quantitative estimate of drug-likeness (QED) is 0.593. The molecule has 0 amide bonds. The normalized spacial score (nSPS) is 20.1. The van der Waals surface area contributed by atoms with Gasteiger partial charge in [0.1, 0.15) is 6.04 Å². The molecule has 1 atom stereocenters. The van der Waals surface area contributed by atoms with Crippen LogP contribution in [0.5, 0.6) is 0 Å². The summed E-state index contributed by atoms with van der Waals surface area (Å²) < 4.78 is 58.0. The zero-order valence-electron chi connectivity index (χ0n) is 18.4. The first-order valence-corrected chi connectivity index (χ1v) is 12.8. The van der Waals surface area contributed by atoms with Gasteiger partial charge in [0.2, 0.25) is 0 Å². The van der Waals surface area contributed by atoms with Gasteiger partial charge in [-0.15, -0.1) is 11.3 Å². The number of esters is 1. The molecule has 0 aliphatic carbocycles. The zero-order chi connectivity index (χ0) is 24.6. The van der Waals surface area contributed by atoms with Crippen LogP contribution in [-0.2, 0) is 19.7 Å². The molecule has 1 aromatic heterocycles. The smallest absolute Gasteiger partial charge is 0.338 e. The summed E-state index contributed by atoms with van der Waals surface area (Å²) in [7, 11) is -2.61. The Bertz CT molecular complexity index is 1270. The van der Waals surface area contributed by atoms with Crippen LogP contribution in [0.1, 0.15) is 35.0 Å². The molecule has 13 heteroatoms. The fourth-order valence-electron chi connectivity index (χ4n) is 4.26. The highest BCUT2D eigenvalue weighted by Gasteiger charge is 2.38. The van der Waals surface area contributed by atoms with Crippen LogP contribution in [-0.4, -0.2) is 49.7 Å². The number of amidine groups is 1. The van der Waals surface area contributed by atoms with E-state index in [1.807, 2.05) is 0 Å². The van der Waals surface area contributed by atoms with E-state index in [4.69, 9.17) is 9.88 Å². The summed E-state index contributed by atoms with van der Waals surface area (Å²) >= 11 is 1.32. The summed E-state index contributed by atoms with van der Waals surface area (Å²) in [5, 5.41) is 10.8. The molecule has 9 nitrogen and oxygen atoms in total. The lowest BCUT2D eigenvalue weighted by Crippen LogP contribution is -2.45. The van der Waals surface area contributed by atoms with Crippen molar-refractivity contribution in [2.45, 2.75) is 25.8 Å². The van der Waals surface area contributed by atoms with Crippen LogP contribution in [0.3, 0.4) is 0 Å². The predicted molar refractivity (Wildman–Crippen MR) is 122 cm³/mol. The average Bonchev–Trinajstić information content (AvgIpc) is 3.36. The second-order valence-corrected chi connectivity index (χ2v) is 10.4. The molecular weight excluding hydrogens is 488 g/mol. The Balaban J connectivity index is 1.84. The van der Waals surface area contributed by atoms with Crippen molar-refractivity contribution < 1.29 is 26.7 Å². The minimum Gasteiger partial charge on any atom is -0.466 e. The monoisotopic (exact) mass is 511 g/mol. The van der Waals surface area contributed by atoms with E-state index in [1.165, 1.54) is 35.7 Å². The molecule has 2 aliphatic rings. The standard InChI is InChI=1S/C21H23F2N5O4S2/c1-11-13(3-4-14(22)16(11)23)18-15(21(29)32-2)17(26-19(27-18)20-25-7-10-33-20)12-5-8-28(9-6-12)34(24,30)31/h3-4,7,10,12,18H,5-6,8-9H2,1-2H3,(H,26,27)(H2,24,30,31). The molecule has 0 bridgehead atoms. The summed E-state index contributed by atoms with van der Waals surface area (Å²) in [4.78, 5) is 21.9. The Hall–Kier alpha value is -2.74. The number of hydrogen-bond donors (Lipinski definition) is 2. The van der Waals surface area contributed by atoms with Gasteiger partial charge in [-0.3, -0.25) is 4.99 Å². The molecule has 2 aromatic rings. The summed E-state index contributed by atoms with van der Waals surface area (Å²) in [5.41, 5.74) is 0.995. The van der Waals surface area contributed by atoms with Crippen molar-refractivity contribution in [3.63, 3.8) is 0 Å². The summed E-state index contributed by atoms with van der Waals surface area (Å²) in [5.74, 6) is -2.58. The highest BCUT2D eigenvalue weighted by Crippen LogP contribution is 2.39. The average molecular weight is 512 g/mol. The van der Waals surface area contributed by atoms with Crippen LogP contribution < -0.4 is 10.5 Å². The summed E-state index contributed by atoms with van der Waals surface area (Å²) in [6.45, 7) is 1.76. The number of methoxy groups -OCH3 is 1. The molecule has 182 valence electrons. The number of halogens is 2. The first-order valence-electron chi connectivity index (χ1n) is 10.4. The first-order chi connectivity index (χ1) is 16.1. The number of rotatable bonds is 5. The van der Waals surface area contributed by atoms with Gasteiger partial charge in [0.25, 0.3) is 10.2 Å². The molecule has 1 fully saturated rings. The Morgan fingerprint density at radius 1 is 1.29 bits per heavy atom. The van der Waals surface area contributed by atoms with Crippen LogP contribution in [0.25, 0.3) is 0 Å². The second kappa shape index (κ2) is 9.49. The molecule has 34 heavy (non-hydrogen) atoms. The second-order valence-electron chi connectivity index (χ2n) is 7.96. The molecule has 4 rings (SSSR count). The van der Waals surface area contributed by atoms with Crippen molar-refractivity contribution in [1.82, 2.24) is 14.6 Å². The molecule has 3 N–H and O–H groups in total. The Kier molecular flexibility index (Phi) is 6.80. The lowest BCUT2D eigenvalue weighted by atomic mass is 9.85. The fourth-order valence-corrected chi connectivity index (χ4v) is 5.57. The highest BCUT2D eigenvalue weighted by molar-refractivity contribution is 7.86. The third kappa shape index (κ3) is 4.60. The van der Waals surface area contributed by atoms with Gasteiger partial charge >= 0.3 is 5.97 Å². The number of piperidine rings is 1. The van der Waals surface area contributed by atoms with Gasteiger partial charge in [-0.1, -0.05) is 6.07 Å². The number of aromatic nitrogens is 1. The van der Waals surface area contributed by atoms with E-state index in [0.717, 1.165) is 6.07 Å². The molecule has 0 saturated carbocycles. The van der Waals surface area contributed by atoms with E-state index in [1.54, 1.807) is 11.6 Å². The lowest BCUT2D eigenvalue weighted by molar-refractivity contribution is -0.136. The molecule has 3 heterocycles. The number of thiazole rings is 1. The zero-order valence-corrected chi connectivity index (χ0v) is 20.0. The van der Waals surface area contributed by atoms with Gasteiger partial charge < -0.3 is 10.1 Å². The molecule has 1 aromatic carbocycles. The largest absolute Gasteiger partial charge is 0.466 e. The van der Waals surface area contributed by atoms with E-state index in [0.29, 0.717) is 34.9 Å². The van der Waals surface area contributed by atoms with Crippen LogP contribution in [0.4, 0.5) is 8.78 Å². The highest BCUT2D eigenvalue weighted by atomic mass is 32.2. The third-order valence-corrected chi connectivity index (χ3v) is 7.88. The van der Waals surface area contributed by atoms with Crippen molar-refractivity contribution >= 4 is 33.4 Å². The van der Waals surface area contributed by atoms with E-state index in [2.05, 4.69) is 15.3 Å². The Morgan fingerprint density at radius 3 is 2.59 bits per heavy atom. The number of nitrogens with one attached hydrogen (secondary N) is 1. The number of carbonyl (C=O) groups is 1. The van der Waals surface area contributed by atoms with E-state index < -0.39 is 33.9 Å². The number of allylic oxidation sites excluding steroid dienone is 1. The van der Waals surface area contributed by atoms with Crippen LogP contribution in [0.2, 0.25) is 0 Å². The van der Waals surface area contributed by atoms with Crippen molar-refractivity contribution in [2.75, 3.05) is 20.2 Å². The number of nitrogens with zero attached hydrogens (tertiary/aromatic N) is 3. The van der Waals surface area contributed by atoms with Gasteiger partial charge in [0, 0.05) is 36.3 Å². The Labute approximate surface area is 199 Å².